The van der Waals surface area contributed by atoms with E-state index in [1.807, 2.05) is 18.2 Å². The number of ether oxygens (including phenoxy) is 2. The van der Waals surface area contributed by atoms with E-state index in [9.17, 15) is 9.59 Å². The van der Waals surface area contributed by atoms with E-state index >= 15 is 0 Å². The monoisotopic (exact) mass is 341 g/mol. The van der Waals surface area contributed by atoms with Crippen LogP contribution in [0.15, 0.2) is 59.2 Å². The summed E-state index contributed by atoms with van der Waals surface area (Å²) in [4.78, 5) is 27.2. The Morgan fingerprint density at radius 3 is 2.67 bits per heavy atom. The van der Waals surface area contributed by atoms with Crippen LogP contribution in [-0.4, -0.2) is 17.8 Å². The van der Waals surface area contributed by atoms with Gasteiger partial charge in [0.1, 0.15) is 5.75 Å². The Morgan fingerprint density at radius 1 is 1.21 bits per heavy atom. The van der Waals surface area contributed by atoms with Crippen molar-refractivity contribution in [1.29, 1.82) is 0 Å². The third kappa shape index (κ3) is 3.52. The first-order chi connectivity index (χ1) is 11.5. The largest absolute Gasteiger partial charge is 0.427 e. The molecule has 1 aliphatic heterocycles. The molecule has 0 fully saturated rings. The van der Waals surface area contributed by atoms with Crippen LogP contribution in [0.3, 0.4) is 0 Å². The third-order valence-electron chi connectivity index (χ3n) is 3.16. The maximum atomic E-state index is 12.0. The number of esters is 2. The lowest BCUT2D eigenvalue weighted by Crippen LogP contribution is -2.05. The third-order valence-corrected chi connectivity index (χ3v) is 3.51. The van der Waals surface area contributed by atoms with Gasteiger partial charge in [-0.2, -0.15) is 0 Å². The first-order valence-electron chi connectivity index (χ1n) is 7.09. The van der Waals surface area contributed by atoms with Crippen molar-refractivity contribution in [2.24, 2.45) is 4.99 Å². The quantitative estimate of drug-likeness (QED) is 0.486. The average Bonchev–Trinajstić information content (AvgIpc) is 2.92. The van der Waals surface area contributed by atoms with Gasteiger partial charge < -0.3 is 9.47 Å². The minimum absolute atomic E-state index is 0.121. The predicted octanol–water partition coefficient (Wildman–Crippen LogP) is 3.61. The zero-order chi connectivity index (χ0) is 17.1. The van der Waals surface area contributed by atoms with E-state index in [0.29, 0.717) is 21.9 Å². The van der Waals surface area contributed by atoms with Crippen LogP contribution >= 0.6 is 11.6 Å². The SMILES string of the molecule is CC(=O)Oc1ccc(Cl)c(/C=C2\N=C(c3ccccc3)OC2=O)c1. The number of halogens is 1. The van der Waals surface area contributed by atoms with Crippen LogP contribution in [0.2, 0.25) is 5.02 Å². The zero-order valence-corrected chi connectivity index (χ0v) is 13.4. The van der Waals surface area contributed by atoms with Crippen LogP contribution in [0.4, 0.5) is 0 Å². The van der Waals surface area contributed by atoms with Crippen LogP contribution < -0.4 is 4.74 Å². The fourth-order valence-electron chi connectivity index (χ4n) is 2.12. The van der Waals surface area contributed by atoms with Gasteiger partial charge in [0.25, 0.3) is 0 Å². The molecule has 24 heavy (non-hydrogen) atoms. The second-order valence-corrected chi connectivity index (χ2v) is 5.39. The van der Waals surface area contributed by atoms with E-state index in [1.54, 1.807) is 30.3 Å². The molecule has 6 heteroatoms. The fourth-order valence-corrected chi connectivity index (χ4v) is 2.29. The number of rotatable bonds is 3. The van der Waals surface area contributed by atoms with Crippen LogP contribution in [0.25, 0.3) is 6.08 Å². The molecule has 0 aliphatic carbocycles. The van der Waals surface area contributed by atoms with Gasteiger partial charge in [0.15, 0.2) is 5.70 Å². The molecular weight excluding hydrogens is 330 g/mol. The van der Waals surface area contributed by atoms with Crippen molar-refractivity contribution in [3.05, 3.63) is 70.4 Å². The molecule has 5 nitrogen and oxygen atoms in total. The number of cyclic esters (lactones) is 1. The van der Waals surface area contributed by atoms with Crippen molar-refractivity contribution < 1.29 is 19.1 Å². The van der Waals surface area contributed by atoms with Crippen LogP contribution in [0, 0.1) is 0 Å². The number of hydrogen-bond donors (Lipinski definition) is 0. The molecule has 3 rings (SSSR count). The van der Waals surface area contributed by atoms with E-state index in [4.69, 9.17) is 21.1 Å². The molecule has 0 bridgehead atoms. The summed E-state index contributed by atoms with van der Waals surface area (Å²) in [7, 11) is 0. The first kappa shape index (κ1) is 16.0. The Labute approximate surface area is 143 Å². The van der Waals surface area contributed by atoms with E-state index in [-0.39, 0.29) is 11.6 Å². The lowest BCUT2D eigenvalue weighted by Gasteiger charge is -2.04. The molecule has 0 amide bonds. The average molecular weight is 342 g/mol. The Hall–Kier alpha value is -2.92. The molecule has 120 valence electrons. The maximum absolute atomic E-state index is 12.0. The van der Waals surface area contributed by atoms with Gasteiger partial charge in [-0.05, 0) is 42.0 Å². The van der Waals surface area contributed by atoms with Crippen LogP contribution in [-0.2, 0) is 14.3 Å². The topological polar surface area (TPSA) is 65.0 Å². The van der Waals surface area contributed by atoms with Crippen molar-refractivity contribution in [1.82, 2.24) is 0 Å². The maximum Gasteiger partial charge on any atom is 0.363 e. The van der Waals surface area contributed by atoms with E-state index in [0.717, 1.165) is 0 Å². The highest BCUT2D eigenvalue weighted by molar-refractivity contribution is 6.32. The zero-order valence-electron chi connectivity index (χ0n) is 12.7. The lowest BCUT2D eigenvalue weighted by atomic mass is 10.2. The normalized spacial score (nSPS) is 15.2. The molecule has 0 N–H and O–H groups in total. The summed E-state index contributed by atoms with van der Waals surface area (Å²) >= 11 is 6.13. The summed E-state index contributed by atoms with van der Waals surface area (Å²) in [6.45, 7) is 1.30. The predicted molar refractivity (Wildman–Crippen MR) is 89.8 cm³/mol. The minimum atomic E-state index is -0.567. The van der Waals surface area contributed by atoms with Gasteiger partial charge in [-0.15, -0.1) is 0 Å². The number of aliphatic imine (C=N–C) groups is 1. The molecule has 0 radical (unpaired) electrons. The molecule has 0 aromatic heterocycles. The molecule has 2 aromatic rings. The van der Waals surface area contributed by atoms with Crippen molar-refractivity contribution >= 4 is 35.5 Å². The number of carbonyl (C=O) groups is 2. The highest BCUT2D eigenvalue weighted by Gasteiger charge is 2.24. The summed E-state index contributed by atoms with van der Waals surface area (Å²) in [5.41, 5.74) is 1.32. The molecule has 0 saturated carbocycles. The molecule has 0 unspecified atom stereocenters. The Morgan fingerprint density at radius 2 is 1.96 bits per heavy atom. The van der Waals surface area contributed by atoms with E-state index in [1.165, 1.54) is 13.0 Å². The smallest absolute Gasteiger partial charge is 0.363 e. The van der Waals surface area contributed by atoms with Gasteiger partial charge in [0.05, 0.1) is 0 Å². The molecule has 0 saturated heterocycles. The van der Waals surface area contributed by atoms with E-state index < -0.39 is 11.9 Å². The van der Waals surface area contributed by atoms with Gasteiger partial charge in [-0.3, -0.25) is 4.79 Å². The van der Waals surface area contributed by atoms with Gasteiger partial charge in [0, 0.05) is 17.5 Å². The summed E-state index contributed by atoms with van der Waals surface area (Å²) in [6.07, 6.45) is 1.49. The molecule has 1 aliphatic rings. The highest BCUT2D eigenvalue weighted by Crippen LogP contribution is 2.26. The molecule has 0 atom stereocenters. The van der Waals surface area contributed by atoms with Gasteiger partial charge >= 0.3 is 11.9 Å². The Bertz CT molecular complexity index is 872. The van der Waals surface area contributed by atoms with Crippen LogP contribution in [0.1, 0.15) is 18.1 Å². The second-order valence-electron chi connectivity index (χ2n) is 4.98. The molecule has 0 spiro atoms. The minimum Gasteiger partial charge on any atom is -0.427 e. The summed E-state index contributed by atoms with van der Waals surface area (Å²) in [6, 6.07) is 13.8. The van der Waals surface area contributed by atoms with Gasteiger partial charge in [0.2, 0.25) is 5.90 Å². The number of benzene rings is 2. The highest BCUT2D eigenvalue weighted by atomic mass is 35.5. The Kier molecular flexibility index (Phi) is 4.44. The molecule has 2 aromatic carbocycles. The molecular formula is C18H12ClNO4. The van der Waals surface area contributed by atoms with Crippen molar-refractivity contribution in [3.8, 4) is 5.75 Å². The Balaban J connectivity index is 1.95. The van der Waals surface area contributed by atoms with Crippen molar-refractivity contribution in [3.63, 3.8) is 0 Å². The first-order valence-corrected chi connectivity index (χ1v) is 7.46. The van der Waals surface area contributed by atoms with Gasteiger partial charge in [-0.1, -0.05) is 29.8 Å². The molecule has 1 heterocycles. The van der Waals surface area contributed by atoms with Crippen LogP contribution in [0.5, 0.6) is 5.75 Å². The lowest BCUT2D eigenvalue weighted by molar-refractivity contribution is -0.132. The van der Waals surface area contributed by atoms with Gasteiger partial charge in [-0.25, -0.2) is 9.79 Å². The number of carbonyl (C=O) groups excluding carboxylic acids is 2. The summed E-state index contributed by atoms with van der Waals surface area (Å²) < 4.78 is 10.2. The summed E-state index contributed by atoms with van der Waals surface area (Å²) in [5, 5.41) is 0.398. The number of hydrogen-bond acceptors (Lipinski definition) is 5. The van der Waals surface area contributed by atoms with Crippen molar-refractivity contribution in [2.45, 2.75) is 6.92 Å². The van der Waals surface area contributed by atoms with Crippen molar-refractivity contribution in [2.75, 3.05) is 0 Å². The second kappa shape index (κ2) is 6.68. The standard InChI is InChI=1S/C18H12ClNO4/c1-11(21)23-14-7-8-15(19)13(9-14)10-16-18(22)24-17(20-16)12-5-3-2-4-6-12/h2-10H,1H3/b16-10-. The number of nitrogens with zero attached hydrogens (tertiary/aromatic N) is 1. The fraction of sp³-hybridized carbons (Fsp3) is 0.0556. The van der Waals surface area contributed by atoms with E-state index in [2.05, 4.69) is 4.99 Å². The summed E-state index contributed by atoms with van der Waals surface area (Å²) in [5.74, 6) is -0.445.